The third-order valence-electron chi connectivity index (χ3n) is 3.96. The molecule has 4 nitrogen and oxygen atoms in total. The quantitative estimate of drug-likeness (QED) is 0.755. The highest BCUT2D eigenvalue weighted by Crippen LogP contribution is 2.20. The molecule has 1 fully saturated rings. The summed E-state index contributed by atoms with van der Waals surface area (Å²) in [6.07, 6.45) is 8.90. The van der Waals surface area contributed by atoms with Gasteiger partial charge in [0, 0.05) is 32.7 Å². The van der Waals surface area contributed by atoms with E-state index >= 15 is 0 Å². The maximum atomic E-state index is 10.6. The first-order valence-electron chi connectivity index (χ1n) is 7.08. The Morgan fingerprint density at radius 2 is 1.89 bits per heavy atom. The van der Waals surface area contributed by atoms with Crippen molar-refractivity contribution in [3.63, 3.8) is 0 Å². The van der Waals surface area contributed by atoms with E-state index < -0.39 is 5.97 Å². The summed E-state index contributed by atoms with van der Waals surface area (Å²) in [5, 5.41) is 8.74. The van der Waals surface area contributed by atoms with E-state index in [9.17, 15) is 4.79 Å². The summed E-state index contributed by atoms with van der Waals surface area (Å²) < 4.78 is 0. The first-order chi connectivity index (χ1) is 8.74. The number of allylic oxidation sites excluding steroid dienone is 1. The second kappa shape index (κ2) is 6.90. The van der Waals surface area contributed by atoms with Crippen molar-refractivity contribution in [1.82, 2.24) is 9.80 Å². The number of carbonyl (C=O) groups is 1. The molecule has 1 N–H and O–H groups in total. The Labute approximate surface area is 109 Å². The van der Waals surface area contributed by atoms with E-state index in [0.29, 0.717) is 0 Å². The molecule has 0 aromatic carbocycles. The van der Waals surface area contributed by atoms with Gasteiger partial charge in [0.25, 0.3) is 0 Å². The fraction of sp³-hybridized carbons (Fsp3) is 0.786. The van der Waals surface area contributed by atoms with Crippen LogP contribution in [-0.2, 0) is 4.79 Å². The highest BCUT2D eigenvalue weighted by Gasteiger charge is 2.18. The molecule has 1 heterocycles. The smallest absolute Gasteiger partial charge is 0.317 e. The predicted octanol–water partition coefficient (Wildman–Crippen LogP) is 1.58. The van der Waals surface area contributed by atoms with Crippen molar-refractivity contribution in [1.29, 1.82) is 0 Å². The summed E-state index contributed by atoms with van der Waals surface area (Å²) in [5.41, 5.74) is 1.63. The average molecular weight is 252 g/mol. The third-order valence-corrected chi connectivity index (χ3v) is 3.96. The van der Waals surface area contributed by atoms with Gasteiger partial charge in [-0.05, 0) is 32.1 Å². The van der Waals surface area contributed by atoms with E-state index in [1.54, 1.807) is 5.57 Å². The summed E-state index contributed by atoms with van der Waals surface area (Å²) in [7, 11) is 0. The zero-order valence-electron chi connectivity index (χ0n) is 11.1. The van der Waals surface area contributed by atoms with Crippen LogP contribution < -0.4 is 0 Å². The van der Waals surface area contributed by atoms with Crippen LogP contribution in [-0.4, -0.2) is 60.1 Å². The maximum Gasteiger partial charge on any atom is 0.317 e. The molecular weight excluding hydrogens is 228 g/mol. The van der Waals surface area contributed by atoms with Crippen LogP contribution in [0, 0.1) is 0 Å². The summed E-state index contributed by atoms with van der Waals surface area (Å²) in [6.45, 7) is 5.16. The van der Waals surface area contributed by atoms with Gasteiger partial charge in [-0.1, -0.05) is 11.6 Å². The van der Waals surface area contributed by atoms with Crippen molar-refractivity contribution < 1.29 is 9.90 Å². The molecule has 0 spiro atoms. The number of aliphatic carboxylic acids is 1. The fourth-order valence-electron chi connectivity index (χ4n) is 2.80. The molecule has 2 aliphatic rings. The predicted molar refractivity (Wildman–Crippen MR) is 71.7 cm³/mol. The van der Waals surface area contributed by atoms with Crippen molar-refractivity contribution in [2.45, 2.75) is 32.1 Å². The van der Waals surface area contributed by atoms with E-state index in [0.717, 1.165) is 32.7 Å². The normalized spacial score (nSPS) is 22.8. The van der Waals surface area contributed by atoms with Gasteiger partial charge in [-0.3, -0.25) is 9.69 Å². The van der Waals surface area contributed by atoms with Gasteiger partial charge in [0.15, 0.2) is 0 Å². The lowest BCUT2D eigenvalue weighted by atomic mass is 9.97. The summed E-state index contributed by atoms with van der Waals surface area (Å²) in [5.74, 6) is -0.712. The summed E-state index contributed by atoms with van der Waals surface area (Å²) in [4.78, 5) is 15.1. The van der Waals surface area contributed by atoms with Gasteiger partial charge in [0.1, 0.15) is 0 Å². The maximum absolute atomic E-state index is 10.6. The molecule has 18 heavy (non-hydrogen) atoms. The van der Waals surface area contributed by atoms with Gasteiger partial charge in [0.05, 0.1) is 6.54 Å². The van der Waals surface area contributed by atoms with Crippen LogP contribution in [0.15, 0.2) is 11.6 Å². The SMILES string of the molecule is O=C(O)CN1CCN(CCC2=CCCCC2)CC1. The largest absolute Gasteiger partial charge is 0.480 e. The van der Waals surface area contributed by atoms with E-state index in [2.05, 4.69) is 11.0 Å². The van der Waals surface area contributed by atoms with Crippen LogP contribution >= 0.6 is 0 Å². The molecule has 0 aromatic rings. The Bertz CT molecular complexity index is 307. The molecular formula is C14H24N2O2. The van der Waals surface area contributed by atoms with Gasteiger partial charge >= 0.3 is 5.97 Å². The van der Waals surface area contributed by atoms with E-state index in [1.807, 2.05) is 4.90 Å². The molecule has 0 atom stereocenters. The molecule has 2 rings (SSSR count). The molecule has 1 aliphatic carbocycles. The Morgan fingerprint density at radius 3 is 2.50 bits per heavy atom. The van der Waals surface area contributed by atoms with Gasteiger partial charge in [0.2, 0.25) is 0 Å². The summed E-state index contributed by atoms with van der Waals surface area (Å²) in [6, 6.07) is 0. The van der Waals surface area contributed by atoms with Crippen molar-refractivity contribution in [2.75, 3.05) is 39.3 Å². The Kier molecular flexibility index (Phi) is 5.20. The number of carboxylic acid groups (broad SMARTS) is 1. The average Bonchev–Trinajstić information content (AvgIpc) is 2.38. The van der Waals surface area contributed by atoms with Gasteiger partial charge in [-0.25, -0.2) is 0 Å². The molecule has 0 radical (unpaired) electrons. The minimum atomic E-state index is -0.712. The molecule has 4 heteroatoms. The Balaban J connectivity index is 1.64. The van der Waals surface area contributed by atoms with Crippen molar-refractivity contribution >= 4 is 5.97 Å². The lowest BCUT2D eigenvalue weighted by Gasteiger charge is -2.34. The number of carboxylic acids is 1. The number of hydrogen-bond donors (Lipinski definition) is 1. The topological polar surface area (TPSA) is 43.8 Å². The molecule has 102 valence electrons. The lowest BCUT2D eigenvalue weighted by molar-refractivity contribution is -0.138. The molecule has 0 amide bonds. The van der Waals surface area contributed by atoms with E-state index in [4.69, 9.17) is 5.11 Å². The summed E-state index contributed by atoms with van der Waals surface area (Å²) >= 11 is 0. The third kappa shape index (κ3) is 4.42. The van der Waals surface area contributed by atoms with Gasteiger partial charge < -0.3 is 10.0 Å². The number of hydrogen-bond acceptors (Lipinski definition) is 3. The molecule has 0 aromatic heterocycles. The molecule has 0 unspecified atom stereocenters. The van der Waals surface area contributed by atoms with Crippen LogP contribution in [0.4, 0.5) is 0 Å². The fourth-order valence-corrected chi connectivity index (χ4v) is 2.80. The van der Waals surface area contributed by atoms with Crippen molar-refractivity contribution in [3.05, 3.63) is 11.6 Å². The standard InChI is InChI=1S/C14H24N2O2/c17-14(18)12-16-10-8-15(9-11-16)7-6-13-4-2-1-3-5-13/h4H,1-3,5-12H2,(H,17,18). The van der Waals surface area contributed by atoms with Crippen LogP contribution in [0.2, 0.25) is 0 Å². The van der Waals surface area contributed by atoms with Crippen LogP contribution in [0.3, 0.4) is 0 Å². The van der Waals surface area contributed by atoms with Crippen LogP contribution in [0.5, 0.6) is 0 Å². The van der Waals surface area contributed by atoms with Gasteiger partial charge in [-0.15, -0.1) is 0 Å². The second-order valence-electron chi connectivity index (χ2n) is 5.37. The van der Waals surface area contributed by atoms with E-state index in [-0.39, 0.29) is 6.54 Å². The van der Waals surface area contributed by atoms with Crippen molar-refractivity contribution in [2.24, 2.45) is 0 Å². The monoisotopic (exact) mass is 252 g/mol. The highest BCUT2D eigenvalue weighted by atomic mass is 16.4. The van der Waals surface area contributed by atoms with E-state index in [1.165, 1.54) is 32.1 Å². The first-order valence-corrected chi connectivity index (χ1v) is 7.08. The molecule has 1 aliphatic heterocycles. The Hall–Kier alpha value is -0.870. The zero-order chi connectivity index (χ0) is 12.8. The minimum absolute atomic E-state index is 0.193. The number of nitrogens with zero attached hydrogens (tertiary/aromatic N) is 2. The molecule has 0 bridgehead atoms. The zero-order valence-corrected chi connectivity index (χ0v) is 11.1. The lowest BCUT2D eigenvalue weighted by Crippen LogP contribution is -2.48. The second-order valence-corrected chi connectivity index (χ2v) is 5.37. The van der Waals surface area contributed by atoms with Crippen molar-refractivity contribution in [3.8, 4) is 0 Å². The highest BCUT2D eigenvalue weighted by molar-refractivity contribution is 5.69. The first kappa shape index (κ1) is 13.6. The minimum Gasteiger partial charge on any atom is -0.480 e. The molecule has 0 saturated carbocycles. The van der Waals surface area contributed by atoms with Crippen LogP contribution in [0.1, 0.15) is 32.1 Å². The van der Waals surface area contributed by atoms with Gasteiger partial charge in [-0.2, -0.15) is 0 Å². The molecule has 1 saturated heterocycles. The Morgan fingerprint density at radius 1 is 1.17 bits per heavy atom. The number of piperazine rings is 1. The number of rotatable bonds is 5. The van der Waals surface area contributed by atoms with Crippen LogP contribution in [0.25, 0.3) is 0 Å².